The Morgan fingerprint density at radius 2 is 2.06 bits per heavy atom. The number of nitrogens with two attached hydrogens (primary N) is 1. The topological polar surface area (TPSA) is 72.1 Å². The molecule has 0 aromatic carbocycles. The first kappa shape index (κ1) is 11.4. The summed E-state index contributed by atoms with van der Waals surface area (Å²) in [5, 5.41) is 0. The molecule has 2 N–H and O–H groups in total. The van der Waals surface area contributed by atoms with Crippen LogP contribution in [0.25, 0.3) is 0 Å². The quantitative estimate of drug-likeness (QED) is 0.814. The highest BCUT2D eigenvalue weighted by Gasteiger charge is 2.30. The lowest BCUT2D eigenvalue weighted by Gasteiger charge is -2.25. The Bertz CT molecular complexity index is 468. The molecule has 3 rings (SSSR count). The highest BCUT2D eigenvalue weighted by Crippen LogP contribution is 2.29. The van der Waals surface area contributed by atoms with Crippen molar-refractivity contribution in [1.29, 1.82) is 0 Å². The Morgan fingerprint density at radius 1 is 1.28 bits per heavy atom. The number of rotatable bonds is 1. The predicted octanol–water partition coefficient (Wildman–Crippen LogP) is 1.48. The molecule has 96 valence electrons. The van der Waals surface area contributed by atoms with Crippen molar-refractivity contribution in [2.45, 2.75) is 45.2 Å². The summed E-state index contributed by atoms with van der Waals surface area (Å²) in [6.07, 6.45) is 7.46. The average Bonchev–Trinajstić information content (AvgIpc) is 2.81. The number of hydrogen-bond acceptors (Lipinski definition) is 4. The van der Waals surface area contributed by atoms with E-state index in [0.29, 0.717) is 19.0 Å². The average molecular weight is 246 g/mol. The van der Waals surface area contributed by atoms with Gasteiger partial charge in [-0.3, -0.25) is 4.79 Å². The Hall–Kier alpha value is -1.65. The zero-order valence-electron chi connectivity index (χ0n) is 10.4. The highest BCUT2D eigenvalue weighted by atomic mass is 16.2. The first-order valence-corrected chi connectivity index (χ1v) is 6.63. The smallest absolute Gasteiger partial charge is 0.226 e. The van der Waals surface area contributed by atoms with Crippen LogP contribution >= 0.6 is 0 Å². The van der Waals surface area contributed by atoms with Crippen molar-refractivity contribution < 1.29 is 4.79 Å². The summed E-state index contributed by atoms with van der Waals surface area (Å²) in [7, 11) is 0. The fourth-order valence-electron chi connectivity index (χ4n) is 2.93. The molecule has 1 saturated carbocycles. The zero-order valence-corrected chi connectivity index (χ0v) is 10.4. The molecular formula is C13H18N4O. The fraction of sp³-hybridized carbons (Fsp3) is 0.615. The summed E-state index contributed by atoms with van der Waals surface area (Å²) in [6.45, 7) is 1.24. The van der Waals surface area contributed by atoms with Crippen molar-refractivity contribution in [2.75, 3.05) is 5.73 Å². The van der Waals surface area contributed by atoms with Gasteiger partial charge in [0.05, 0.1) is 12.2 Å². The van der Waals surface area contributed by atoms with Gasteiger partial charge >= 0.3 is 0 Å². The van der Waals surface area contributed by atoms with Crippen molar-refractivity contribution in [3.63, 3.8) is 0 Å². The van der Waals surface area contributed by atoms with Gasteiger partial charge in [-0.1, -0.05) is 19.3 Å². The largest absolute Gasteiger partial charge is 0.368 e. The van der Waals surface area contributed by atoms with Crippen LogP contribution in [-0.4, -0.2) is 20.8 Å². The molecule has 0 bridgehead atoms. The fourth-order valence-corrected chi connectivity index (χ4v) is 2.93. The summed E-state index contributed by atoms with van der Waals surface area (Å²) in [4.78, 5) is 22.5. The molecule has 2 heterocycles. The molecule has 1 aromatic heterocycles. The molecule has 1 amide bonds. The molecule has 0 radical (unpaired) electrons. The van der Waals surface area contributed by atoms with Crippen LogP contribution in [0.5, 0.6) is 0 Å². The van der Waals surface area contributed by atoms with Crippen LogP contribution in [0.4, 0.5) is 5.95 Å². The third-order valence-corrected chi connectivity index (χ3v) is 3.94. The number of nitrogens with zero attached hydrogens (tertiary/aromatic N) is 3. The van der Waals surface area contributed by atoms with E-state index in [1.165, 1.54) is 19.3 Å². The predicted molar refractivity (Wildman–Crippen MR) is 67.3 cm³/mol. The molecular weight excluding hydrogens is 228 g/mol. The summed E-state index contributed by atoms with van der Waals surface area (Å²) in [5.41, 5.74) is 7.51. The van der Waals surface area contributed by atoms with E-state index >= 15 is 0 Å². The third kappa shape index (κ3) is 2.05. The van der Waals surface area contributed by atoms with E-state index in [2.05, 4.69) is 9.97 Å². The van der Waals surface area contributed by atoms with Crippen molar-refractivity contribution in [3.05, 3.63) is 17.5 Å². The Balaban J connectivity index is 1.71. The maximum atomic E-state index is 12.4. The highest BCUT2D eigenvalue weighted by molar-refractivity contribution is 5.79. The lowest BCUT2D eigenvalue weighted by Crippen LogP contribution is -2.33. The molecule has 5 nitrogen and oxygen atoms in total. The Labute approximate surface area is 106 Å². The van der Waals surface area contributed by atoms with E-state index in [1.807, 2.05) is 4.90 Å². The van der Waals surface area contributed by atoms with Gasteiger partial charge in [-0.15, -0.1) is 0 Å². The van der Waals surface area contributed by atoms with Gasteiger partial charge < -0.3 is 10.6 Å². The lowest BCUT2D eigenvalue weighted by molar-refractivity contribution is -0.137. The number of aromatic nitrogens is 2. The molecule has 0 spiro atoms. The third-order valence-electron chi connectivity index (χ3n) is 3.94. The van der Waals surface area contributed by atoms with E-state index in [1.54, 1.807) is 6.20 Å². The van der Waals surface area contributed by atoms with E-state index in [0.717, 1.165) is 24.1 Å². The van der Waals surface area contributed by atoms with Crippen molar-refractivity contribution in [1.82, 2.24) is 14.9 Å². The van der Waals surface area contributed by atoms with Crippen LogP contribution in [0, 0.1) is 5.92 Å². The number of nitrogen functional groups attached to an aromatic ring is 1. The van der Waals surface area contributed by atoms with Gasteiger partial charge in [0.25, 0.3) is 0 Å². The molecule has 0 atom stereocenters. The van der Waals surface area contributed by atoms with Crippen LogP contribution in [0.3, 0.4) is 0 Å². The number of amides is 1. The zero-order chi connectivity index (χ0) is 12.5. The summed E-state index contributed by atoms with van der Waals surface area (Å²) >= 11 is 0. The van der Waals surface area contributed by atoms with E-state index in [9.17, 15) is 4.79 Å². The minimum absolute atomic E-state index is 0.221. The minimum Gasteiger partial charge on any atom is -0.368 e. The van der Waals surface area contributed by atoms with E-state index in [-0.39, 0.29) is 11.8 Å². The second kappa shape index (κ2) is 4.55. The molecule has 18 heavy (non-hydrogen) atoms. The SMILES string of the molecule is Nc1ncc2c(n1)CN(C(=O)C1CCCCC1)C2. The number of hydrogen-bond donors (Lipinski definition) is 1. The molecule has 2 aliphatic rings. The lowest BCUT2D eigenvalue weighted by atomic mass is 9.88. The molecule has 1 aliphatic carbocycles. The monoisotopic (exact) mass is 246 g/mol. The Kier molecular flexibility index (Phi) is 2.89. The van der Waals surface area contributed by atoms with Crippen molar-refractivity contribution in [3.8, 4) is 0 Å². The van der Waals surface area contributed by atoms with E-state index in [4.69, 9.17) is 5.73 Å². The first-order valence-electron chi connectivity index (χ1n) is 6.63. The standard InChI is InChI=1S/C13H18N4O/c14-13-15-6-10-7-17(8-11(10)16-13)12(18)9-4-2-1-3-5-9/h6,9H,1-5,7-8H2,(H2,14,15,16). The van der Waals surface area contributed by atoms with Gasteiger partial charge in [-0.05, 0) is 12.8 Å². The van der Waals surface area contributed by atoms with Crippen LogP contribution in [-0.2, 0) is 17.9 Å². The normalized spacial score (nSPS) is 19.9. The second-order valence-electron chi connectivity index (χ2n) is 5.23. The number of anilines is 1. The second-order valence-corrected chi connectivity index (χ2v) is 5.23. The minimum atomic E-state index is 0.221. The molecule has 1 aromatic rings. The first-order chi connectivity index (χ1) is 8.74. The van der Waals surface area contributed by atoms with Gasteiger partial charge in [0.1, 0.15) is 0 Å². The number of carbonyl (C=O) groups excluding carboxylic acids is 1. The molecule has 5 heteroatoms. The van der Waals surface area contributed by atoms with Gasteiger partial charge in [0, 0.05) is 24.2 Å². The summed E-state index contributed by atoms with van der Waals surface area (Å²) in [6, 6.07) is 0. The molecule has 0 saturated heterocycles. The van der Waals surface area contributed by atoms with Gasteiger partial charge in [-0.25, -0.2) is 9.97 Å². The van der Waals surface area contributed by atoms with Gasteiger partial charge in [0.15, 0.2) is 0 Å². The number of fused-ring (bicyclic) bond motifs is 1. The van der Waals surface area contributed by atoms with Crippen LogP contribution in [0.1, 0.15) is 43.4 Å². The van der Waals surface area contributed by atoms with Gasteiger partial charge in [0.2, 0.25) is 11.9 Å². The summed E-state index contributed by atoms with van der Waals surface area (Å²) in [5.74, 6) is 0.797. The maximum Gasteiger partial charge on any atom is 0.226 e. The van der Waals surface area contributed by atoms with Crippen molar-refractivity contribution in [2.24, 2.45) is 5.92 Å². The van der Waals surface area contributed by atoms with E-state index < -0.39 is 0 Å². The van der Waals surface area contributed by atoms with Crippen LogP contribution in [0.2, 0.25) is 0 Å². The van der Waals surface area contributed by atoms with Crippen molar-refractivity contribution >= 4 is 11.9 Å². The molecule has 1 aliphatic heterocycles. The molecule has 0 unspecified atom stereocenters. The molecule has 1 fully saturated rings. The number of carbonyl (C=O) groups is 1. The Morgan fingerprint density at radius 3 is 2.83 bits per heavy atom. The maximum absolute atomic E-state index is 12.4. The van der Waals surface area contributed by atoms with Crippen LogP contribution in [0.15, 0.2) is 6.20 Å². The van der Waals surface area contributed by atoms with Crippen LogP contribution < -0.4 is 5.73 Å². The van der Waals surface area contributed by atoms with Gasteiger partial charge in [-0.2, -0.15) is 0 Å². The summed E-state index contributed by atoms with van der Waals surface area (Å²) < 4.78 is 0.